The lowest BCUT2D eigenvalue weighted by molar-refractivity contribution is -0.123. The average Bonchev–Trinajstić information content (AvgIpc) is 2.85. The summed E-state index contributed by atoms with van der Waals surface area (Å²) in [6.07, 6.45) is 4.69. The van der Waals surface area contributed by atoms with Crippen LogP contribution >= 0.6 is 0 Å². The molecule has 0 saturated carbocycles. The van der Waals surface area contributed by atoms with Crippen LogP contribution < -0.4 is 20.7 Å². The number of pyridine rings is 1. The molecule has 36 heavy (non-hydrogen) atoms. The number of aromatic nitrogens is 1. The summed E-state index contributed by atoms with van der Waals surface area (Å²) in [5.41, 5.74) is 8.89. The van der Waals surface area contributed by atoms with Gasteiger partial charge in [0.2, 0.25) is 0 Å². The van der Waals surface area contributed by atoms with E-state index in [2.05, 4.69) is 34.2 Å². The Morgan fingerprint density at radius 2 is 2.03 bits per heavy atom. The Morgan fingerprint density at radius 3 is 2.78 bits per heavy atom. The number of nitrogens with one attached hydrogen (secondary N) is 1. The van der Waals surface area contributed by atoms with Crippen LogP contribution in [0.4, 0.5) is 17.2 Å². The Balaban J connectivity index is 1.51. The Morgan fingerprint density at radius 1 is 1.19 bits per heavy atom. The summed E-state index contributed by atoms with van der Waals surface area (Å²) in [6, 6.07) is 13.5. The Kier molecular flexibility index (Phi) is 7.93. The maximum absolute atomic E-state index is 13.3. The third-order valence-electron chi connectivity index (χ3n) is 6.32. The quantitative estimate of drug-likeness (QED) is 0.405. The van der Waals surface area contributed by atoms with Crippen molar-refractivity contribution in [2.24, 2.45) is 11.1 Å². The van der Waals surface area contributed by atoms with Crippen LogP contribution in [0, 0.1) is 12.8 Å². The predicted molar refractivity (Wildman–Crippen MR) is 145 cm³/mol. The van der Waals surface area contributed by atoms with Crippen molar-refractivity contribution in [2.75, 3.05) is 29.6 Å². The molecule has 1 amide bonds. The first-order valence-corrected chi connectivity index (χ1v) is 12.5. The van der Waals surface area contributed by atoms with E-state index in [1.165, 1.54) is 0 Å². The van der Waals surface area contributed by atoms with Crippen LogP contribution in [-0.4, -0.2) is 36.5 Å². The van der Waals surface area contributed by atoms with Crippen LogP contribution in [0.5, 0.6) is 5.75 Å². The third-order valence-corrected chi connectivity index (χ3v) is 6.32. The van der Waals surface area contributed by atoms with E-state index in [0.717, 1.165) is 59.4 Å². The molecule has 8 heteroatoms. The molecule has 2 aromatic carbocycles. The number of hydrogen-bond acceptors (Lipinski definition) is 6. The van der Waals surface area contributed by atoms with Gasteiger partial charge >= 0.3 is 0 Å². The Hall–Kier alpha value is -3.81. The number of carbonyl (C=O) groups excluding carboxylic acids is 1. The van der Waals surface area contributed by atoms with Gasteiger partial charge in [-0.15, -0.1) is 0 Å². The van der Waals surface area contributed by atoms with E-state index in [1.54, 1.807) is 13.3 Å². The zero-order valence-electron chi connectivity index (χ0n) is 21.5. The van der Waals surface area contributed by atoms with Gasteiger partial charge in [0.15, 0.2) is 6.10 Å². The second-order valence-electron chi connectivity index (χ2n) is 9.60. The molecule has 0 bridgehead atoms. The van der Waals surface area contributed by atoms with Crippen molar-refractivity contribution in [3.63, 3.8) is 0 Å². The zero-order valence-corrected chi connectivity index (χ0v) is 21.5. The summed E-state index contributed by atoms with van der Waals surface area (Å²) in [5.74, 6) is 2.04. The Labute approximate surface area is 212 Å². The molecule has 190 valence electrons. The Bertz CT molecular complexity index is 1260. The molecule has 4 rings (SSSR count). The number of nitrogens with zero attached hydrogens (tertiary/aromatic N) is 3. The van der Waals surface area contributed by atoms with Crippen LogP contribution in [0.2, 0.25) is 0 Å². The van der Waals surface area contributed by atoms with E-state index in [1.807, 2.05) is 49.4 Å². The summed E-state index contributed by atoms with van der Waals surface area (Å²) in [7, 11) is 1.57. The highest BCUT2D eigenvalue weighted by atomic mass is 16.6. The highest BCUT2D eigenvalue weighted by molar-refractivity contribution is 5.99. The van der Waals surface area contributed by atoms with Crippen molar-refractivity contribution in [3.05, 3.63) is 54.2 Å². The second-order valence-corrected chi connectivity index (χ2v) is 9.60. The molecular formula is C28H35N5O3. The molecule has 1 unspecified atom stereocenters. The lowest BCUT2D eigenvalue weighted by atomic mass is 10.0. The lowest BCUT2D eigenvalue weighted by Crippen LogP contribution is -2.36. The van der Waals surface area contributed by atoms with Gasteiger partial charge in [-0.2, -0.15) is 0 Å². The fourth-order valence-electron chi connectivity index (χ4n) is 4.58. The number of amides is 1. The molecule has 1 aromatic heterocycles. The number of anilines is 3. The molecular weight excluding hydrogens is 454 g/mol. The number of amidine groups is 1. The van der Waals surface area contributed by atoms with Crippen molar-refractivity contribution in [1.29, 1.82) is 0 Å². The maximum atomic E-state index is 13.3. The van der Waals surface area contributed by atoms with Crippen LogP contribution in [0.3, 0.4) is 0 Å². The van der Waals surface area contributed by atoms with Crippen LogP contribution in [0.15, 0.2) is 53.8 Å². The monoisotopic (exact) mass is 489 g/mol. The molecule has 0 aliphatic carbocycles. The molecule has 3 aromatic rings. The summed E-state index contributed by atoms with van der Waals surface area (Å²) >= 11 is 0. The first kappa shape index (κ1) is 25.3. The maximum Gasteiger partial charge on any atom is 0.265 e. The van der Waals surface area contributed by atoms with Gasteiger partial charge in [0, 0.05) is 35.9 Å². The van der Waals surface area contributed by atoms with E-state index >= 15 is 0 Å². The minimum absolute atomic E-state index is 0.185. The van der Waals surface area contributed by atoms with Crippen LogP contribution in [0.25, 0.3) is 10.8 Å². The minimum Gasteiger partial charge on any atom is -0.481 e. The van der Waals surface area contributed by atoms with E-state index in [9.17, 15) is 4.79 Å². The number of piperidine rings is 1. The van der Waals surface area contributed by atoms with E-state index in [4.69, 9.17) is 15.3 Å². The molecule has 0 spiro atoms. The fraction of sp³-hybridized carbons (Fsp3) is 0.393. The summed E-state index contributed by atoms with van der Waals surface area (Å²) in [5, 5.41) is 9.04. The van der Waals surface area contributed by atoms with Crippen molar-refractivity contribution in [1.82, 2.24) is 4.98 Å². The van der Waals surface area contributed by atoms with Gasteiger partial charge in [-0.3, -0.25) is 4.79 Å². The molecule has 1 aliphatic rings. The summed E-state index contributed by atoms with van der Waals surface area (Å²) in [6.45, 7) is 7.08. The first-order valence-electron chi connectivity index (χ1n) is 12.5. The number of hydrogen-bond donors (Lipinski definition) is 2. The van der Waals surface area contributed by atoms with Gasteiger partial charge in [0.05, 0.1) is 0 Å². The number of benzene rings is 2. The van der Waals surface area contributed by atoms with E-state index < -0.39 is 6.10 Å². The number of nitrogens with two attached hydrogens (primary N) is 1. The zero-order chi connectivity index (χ0) is 25.7. The normalized spacial score (nSPS) is 15.8. The van der Waals surface area contributed by atoms with Crippen LogP contribution in [-0.2, 0) is 9.63 Å². The van der Waals surface area contributed by atoms with Crippen molar-refractivity contribution in [2.45, 2.75) is 52.6 Å². The highest BCUT2D eigenvalue weighted by Gasteiger charge is 2.24. The minimum atomic E-state index is -0.650. The summed E-state index contributed by atoms with van der Waals surface area (Å²) < 4.78 is 6.18. The number of rotatable bonds is 8. The number of oxime groups is 1. The number of carbonyl (C=O) groups is 1. The van der Waals surface area contributed by atoms with Gasteiger partial charge < -0.3 is 25.5 Å². The first-order chi connectivity index (χ1) is 17.4. The standard InChI is InChI=1S/C28H35N5O3/c1-18(2)15-25(36-22-10-8-20-12-13-30-27(29)23(20)17-22)28(34)31-21-9-11-24(19(3)16-21)33-14-6-5-7-26(33)32-35-4/h8-13,16-18,25H,5-7,14-15H2,1-4H3,(H2,29,30)(H,31,34). The largest absolute Gasteiger partial charge is 0.481 e. The highest BCUT2D eigenvalue weighted by Crippen LogP contribution is 2.29. The topological polar surface area (TPSA) is 102 Å². The van der Waals surface area contributed by atoms with E-state index in [0.29, 0.717) is 18.0 Å². The van der Waals surface area contributed by atoms with Gasteiger partial charge in [-0.25, -0.2) is 4.98 Å². The van der Waals surface area contributed by atoms with Crippen molar-refractivity contribution in [3.8, 4) is 5.75 Å². The van der Waals surface area contributed by atoms with Gasteiger partial charge in [-0.1, -0.05) is 25.1 Å². The third kappa shape index (κ3) is 5.87. The van der Waals surface area contributed by atoms with Crippen molar-refractivity contribution >= 4 is 39.7 Å². The van der Waals surface area contributed by atoms with Gasteiger partial charge in [-0.05, 0) is 79.5 Å². The molecule has 8 nitrogen and oxygen atoms in total. The number of aryl methyl sites for hydroxylation is 1. The number of fused-ring (bicyclic) bond motifs is 1. The van der Waals surface area contributed by atoms with Crippen LogP contribution in [0.1, 0.15) is 45.1 Å². The molecule has 1 saturated heterocycles. The number of nitrogen functional groups attached to an aromatic ring is 1. The molecule has 1 fully saturated rings. The van der Waals surface area contributed by atoms with E-state index in [-0.39, 0.29) is 11.8 Å². The van der Waals surface area contributed by atoms with Gasteiger partial charge in [0.25, 0.3) is 5.91 Å². The molecule has 1 aliphatic heterocycles. The molecule has 0 radical (unpaired) electrons. The number of ether oxygens (including phenoxy) is 1. The fourth-order valence-corrected chi connectivity index (χ4v) is 4.58. The molecule has 3 N–H and O–H groups in total. The molecule has 1 atom stereocenters. The SMILES string of the molecule is CON=C1CCCCN1c1ccc(NC(=O)C(CC(C)C)Oc2ccc3ccnc(N)c3c2)cc1C. The molecule has 2 heterocycles. The summed E-state index contributed by atoms with van der Waals surface area (Å²) in [4.78, 5) is 24.7. The second kappa shape index (κ2) is 11.3. The van der Waals surface area contributed by atoms with Gasteiger partial charge in [0.1, 0.15) is 24.5 Å². The van der Waals surface area contributed by atoms with Crippen molar-refractivity contribution < 1.29 is 14.4 Å². The predicted octanol–water partition coefficient (Wildman–Crippen LogP) is 5.51. The lowest BCUT2D eigenvalue weighted by Gasteiger charge is -2.31. The average molecular weight is 490 g/mol. The smallest absolute Gasteiger partial charge is 0.265 e.